The van der Waals surface area contributed by atoms with E-state index >= 15 is 0 Å². The van der Waals surface area contributed by atoms with Gasteiger partial charge in [-0.1, -0.05) is 23.8 Å². The second-order valence-corrected chi connectivity index (χ2v) is 8.04. The number of hydrogen-bond acceptors (Lipinski definition) is 4. The van der Waals surface area contributed by atoms with Crippen molar-refractivity contribution < 1.29 is 17.6 Å². The maximum atomic E-state index is 14.0. The predicted octanol–water partition coefficient (Wildman–Crippen LogP) is 3.53. The highest BCUT2D eigenvalue weighted by atomic mass is 32.2. The van der Waals surface area contributed by atoms with Gasteiger partial charge in [0.15, 0.2) is 0 Å². The van der Waals surface area contributed by atoms with Gasteiger partial charge in [-0.3, -0.25) is 14.6 Å². The maximum absolute atomic E-state index is 14.0. The predicted molar refractivity (Wildman–Crippen MR) is 104 cm³/mol. The number of hydrogen-bond donors (Lipinski definition) is 3. The van der Waals surface area contributed by atoms with Crippen LogP contribution < -0.4 is 10.0 Å². The highest BCUT2D eigenvalue weighted by Gasteiger charge is 2.28. The lowest BCUT2D eigenvalue weighted by atomic mass is 10.2. The van der Waals surface area contributed by atoms with E-state index in [9.17, 15) is 17.6 Å². The Morgan fingerprint density at radius 2 is 1.68 bits per heavy atom. The number of rotatable bonds is 5. The van der Waals surface area contributed by atoms with Crippen molar-refractivity contribution in [3.05, 3.63) is 70.7 Å². The van der Waals surface area contributed by atoms with Gasteiger partial charge >= 0.3 is 0 Å². The lowest BCUT2D eigenvalue weighted by molar-refractivity contribution is 0.102. The molecule has 1 heterocycles. The zero-order chi connectivity index (χ0) is 20.5. The van der Waals surface area contributed by atoms with Gasteiger partial charge < -0.3 is 5.32 Å². The third kappa shape index (κ3) is 4.04. The lowest BCUT2D eigenvalue weighted by Crippen LogP contribution is -2.20. The Morgan fingerprint density at radius 1 is 1.04 bits per heavy atom. The first-order valence-corrected chi connectivity index (χ1v) is 9.87. The standard InChI is InChI=1S/C19H19FN4O3S/c1-11-4-7-14(8-5-11)24-28(26,27)19-17(13(3)22-23-19)18(25)21-16-9-6-12(2)10-15(16)20/h4-10,24H,1-3H3,(H,21,25)(H,22,23). The van der Waals surface area contributed by atoms with Crippen LogP contribution in [0.25, 0.3) is 0 Å². The number of H-pyrrole nitrogens is 1. The highest BCUT2D eigenvalue weighted by molar-refractivity contribution is 7.92. The van der Waals surface area contributed by atoms with E-state index in [1.807, 2.05) is 6.92 Å². The molecule has 0 bridgehead atoms. The number of aromatic nitrogens is 2. The summed E-state index contributed by atoms with van der Waals surface area (Å²) < 4.78 is 41.9. The fourth-order valence-electron chi connectivity index (χ4n) is 2.60. The third-order valence-electron chi connectivity index (χ3n) is 4.07. The molecule has 0 aliphatic rings. The van der Waals surface area contributed by atoms with Gasteiger partial charge in [0.25, 0.3) is 15.9 Å². The SMILES string of the molecule is Cc1ccc(NS(=O)(=O)c2n[nH]c(C)c2C(=O)Nc2ccc(C)cc2F)cc1. The Hall–Kier alpha value is -3.20. The minimum atomic E-state index is -4.14. The van der Waals surface area contributed by atoms with E-state index in [1.54, 1.807) is 37.3 Å². The Kier molecular flexibility index (Phi) is 5.19. The molecule has 3 aromatic rings. The fourth-order valence-corrected chi connectivity index (χ4v) is 3.82. The van der Waals surface area contributed by atoms with Crippen LogP contribution in [-0.4, -0.2) is 24.5 Å². The Bertz CT molecular complexity index is 1140. The zero-order valence-corrected chi connectivity index (χ0v) is 16.3. The summed E-state index contributed by atoms with van der Waals surface area (Å²) in [5, 5.41) is 8.21. The summed E-state index contributed by atoms with van der Waals surface area (Å²) in [6.45, 7) is 5.11. The van der Waals surface area contributed by atoms with Gasteiger partial charge in [0.2, 0.25) is 5.03 Å². The summed E-state index contributed by atoms with van der Waals surface area (Å²) in [7, 11) is -4.14. The average Bonchev–Trinajstić information content (AvgIpc) is 3.02. The van der Waals surface area contributed by atoms with Crippen molar-refractivity contribution in [1.29, 1.82) is 0 Å². The number of carbonyl (C=O) groups excluding carboxylic acids is 1. The van der Waals surface area contributed by atoms with Crippen molar-refractivity contribution in [2.24, 2.45) is 0 Å². The minimum absolute atomic E-state index is 0.0500. The Balaban J connectivity index is 1.92. The van der Waals surface area contributed by atoms with Crippen LogP contribution in [0.5, 0.6) is 0 Å². The first kappa shape index (κ1) is 19.6. The largest absolute Gasteiger partial charge is 0.319 e. The number of amides is 1. The molecule has 1 amide bonds. The quantitative estimate of drug-likeness (QED) is 0.607. The van der Waals surface area contributed by atoms with Crippen molar-refractivity contribution in [3.8, 4) is 0 Å². The molecule has 0 fully saturated rings. The van der Waals surface area contributed by atoms with Crippen LogP contribution in [0.2, 0.25) is 0 Å². The molecule has 0 unspecified atom stereocenters. The first-order chi connectivity index (χ1) is 13.2. The molecule has 7 nitrogen and oxygen atoms in total. The molecular weight excluding hydrogens is 383 g/mol. The normalized spacial score (nSPS) is 11.3. The number of aromatic amines is 1. The number of nitrogens with zero attached hydrogens (tertiary/aromatic N) is 1. The number of sulfonamides is 1. The zero-order valence-electron chi connectivity index (χ0n) is 15.5. The third-order valence-corrected chi connectivity index (χ3v) is 5.38. The minimum Gasteiger partial charge on any atom is -0.319 e. The topological polar surface area (TPSA) is 104 Å². The summed E-state index contributed by atoms with van der Waals surface area (Å²) in [6, 6.07) is 11.0. The van der Waals surface area contributed by atoms with Crippen molar-refractivity contribution >= 4 is 27.3 Å². The molecule has 0 spiro atoms. The molecule has 0 aliphatic heterocycles. The second kappa shape index (κ2) is 7.43. The fraction of sp³-hybridized carbons (Fsp3) is 0.158. The van der Waals surface area contributed by atoms with E-state index in [0.717, 1.165) is 5.56 Å². The molecule has 3 N–H and O–H groups in total. The molecule has 1 aromatic heterocycles. The lowest BCUT2D eigenvalue weighted by Gasteiger charge is -2.10. The molecular formula is C19H19FN4O3S. The number of anilines is 2. The summed E-state index contributed by atoms with van der Waals surface area (Å²) in [6.07, 6.45) is 0. The van der Waals surface area contributed by atoms with E-state index in [2.05, 4.69) is 20.2 Å². The smallest absolute Gasteiger partial charge is 0.282 e. The van der Waals surface area contributed by atoms with Crippen molar-refractivity contribution in [3.63, 3.8) is 0 Å². The molecule has 28 heavy (non-hydrogen) atoms. The first-order valence-electron chi connectivity index (χ1n) is 8.39. The molecule has 0 aliphatic carbocycles. The van der Waals surface area contributed by atoms with Crippen LogP contribution in [0.1, 0.15) is 27.2 Å². The van der Waals surface area contributed by atoms with Crippen LogP contribution in [0.4, 0.5) is 15.8 Å². The van der Waals surface area contributed by atoms with Crippen molar-refractivity contribution in [1.82, 2.24) is 10.2 Å². The summed E-state index contributed by atoms with van der Waals surface area (Å²) in [4.78, 5) is 12.7. The molecule has 2 aromatic carbocycles. The number of nitrogens with one attached hydrogen (secondary N) is 3. The molecule has 0 atom stereocenters. The number of benzene rings is 2. The van der Waals surface area contributed by atoms with Crippen LogP contribution in [-0.2, 0) is 10.0 Å². The van der Waals surface area contributed by atoms with Crippen molar-refractivity contribution in [2.45, 2.75) is 25.8 Å². The summed E-state index contributed by atoms with van der Waals surface area (Å²) in [5.41, 5.74) is 2.02. The summed E-state index contributed by atoms with van der Waals surface area (Å²) >= 11 is 0. The van der Waals surface area contributed by atoms with E-state index < -0.39 is 26.8 Å². The highest BCUT2D eigenvalue weighted by Crippen LogP contribution is 2.23. The van der Waals surface area contributed by atoms with Crippen LogP contribution in [0.3, 0.4) is 0 Å². The molecule has 0 saturated carbocycles. The van der Waals surface area contributed by atoms with Gasteiger partial charge in [0.05, 0.1) is 5.69 Å². The van der Waals surface area contributed by atoms with Gasteiger partial charge in [0.1, 0.15) is 11.4 Å². The van der Waals surface area contributed by atoms with Crippen LogP contribution in [0, 0.1) is 26.6 Å². The average molecular weight is 402 g/mol. The maximum Gasteiger partial charge on any atom is 0.282 e. The molecule has 9 heteroatoms. The molecule has 3 rings (SSSR count). The summed E-state index contributed by atoms with van der Waals surface area (Å²) in [5.74, 6) is -1.39. The van der Waals surface area contributed by atoms with Crippen molar-refractivity contribution in [2.75, 3.05) is 10.0 Å². The van der Waals surface area contributed by atoms with E-state index in [4.69, 9.17) is 0 Å². The molecule has 146 valence electrons. The van der Waals surface area contributed by atoms with Gasteiger partial charge in [-0.25, -0.2) is 4.39 Å². The van der Waals surface area contributed by atoms with Gasteiger partial charge in [-0.2, -0.15) is 13.5 Å². The van der Waals surface area contributed by atoms with Gasteiger partial charge in [-0.05, 0) is 50.6 Å². The van der Waals surface area contributed by atoms with Gasteiger partial charge in [0, 0.05) is 11.4 Å². The van der Waals surface area contributed by atoms with Crippen LogP contribution >= 0.6 is 0 Å². The van der Waals surface area contributed by atoms with Crippen LogP contribution in [0.15, 0.2) is 47.5 Å². The monoisotopic (exact) mass is 402 g/mol. The van der Waals surface area contributed by atoms with E-state index in [0.29, 0.717) is 11.3 Å². The van der Waals surface area contributed by atoms with E-state index in [-0.39, 0.29) is 16.9 Å². The van der Waals surface area contributed by atoms with E-state index in [1.165, 1.54) is 19.1 Å². The Morgan fingerprint density at radius 3 is 2.32 bits per heavy atom. The second-order valence-electron chi connectivity index (χ2n) is 6.44. The number of aryl methyl sites for hydroxylation is 3. The number of carbonyl (C=O) groups is 1. The Labute approximate surface area is 162 Å². The molecule has 0 radical (unpaired) electrons. The number of halogens is 1. The molecule has 0 saturated heterocycles. The van der Waals surface area contributed by atoms with Gasteiger partial charge in [-0.15, -0.1) is 0 Å².